The third-order valence-corrected chi connectivity index (χ3v) is 5.55. The second-order valence-corrected chi connectivity index (χ2v) is 6.95. The molecule has 1 N–H and O–H groups in total. The van der Waals surface area contributed by atoms with E-state index in [0.29, 0.717) is 12.0 Å². The first-order chi connectivity index (χ1) is 12.3. The third kappa shape index (κ3) is 3.12. The predicted octanol–water partition coefficient (Wildman–Crippen LogP) is 3.38. The normalized spacial score (nSPS) is 24.0. The van der Waals surface area contributed by atoms with Crippen LogP contribution in [-0.2, 0) is 11.3 Å². The summed E-state index contributed by atoms with van der Waals surface area (Å²) >= 11 is 0. The van der Waals surface area contributed by atoms with Crippen molar-refractivity contribution in [1.29, 1.82) is 0 Å². The number of benzene rings is 2. The number of nitrogens with one attached hydrogen (secondary N) is 1. The number of nitrogens with zero attached hydrogens (tertiary/aromatic N) is 1. The molecular weight excluding hydrogens is 312 g/mol. The molecule has 2 aliphatic heterocycles. The Morgan fingerprint density at radius 3 is 2.76 bits per heavy atom. The Balaban J connectivity index is 1.58. The summed E-state index contributed by atoms with van der Waals surface area (Å²) in [6.45, 7) is 6.05. The minimum absolute atomic E-state index is 0.168. The summed E-state index contributed by atoms with van der Waals surface area (Å²) in [5.41, 5.74) is 3.94. The van der Waals surface area contributed by atoms with Gasteiger partial charge in [-0.2, -0.15) is 0 Å². The molecule has 2 aromatic carbocycles. The van der Waals surface area contributed by atoms with Gasteiger partial charge in [-0.15, -0.1) is 0 Å². The van der Waals surface area contributed by atoms with Crippen LogP contribution < -0.4 is 15.0 Å². The summed E-state index contributed by atoms with van der Waals surface area (Å²) in [7, 11) is 1.71. The van der Waals surface area contributed by atoms with Gasteiger partial charge in [-0.1, -0.05) is 31.2 Å². The summed E-state index contributed by atoms with van der Waals surface area (Å²) < 4.78 is 11.5. The van der Waals surface area contributed by atoms with Gasteiger partial charge in [0.15, 0.2) is 0 Å². The lowest BCUT2D eigenvalue weighted by molar-refractivity contribution is 0.0183. The van der Waals surface area contributed by atoms with Crippen molar-refractivity contribution in [2.24, 2.45) is 5.92 Å². The molecule has 4 nitrogen and oxygen atoms in total. The van der Waals surface area contributed by atoms with Crippen LogP contribution in [0.1, 0.15) is 24.2 Å². The maximum atomic E-state index is 6.18. The Bertz CT molecular complexity index is 716. The molecule has 25 heavy (non-hydrogen) atoms. The van der Waals surface area contributed by atoms with Crippen LogP contribution in [0.4, 0.5) is 5.69 Å². The molecule has 0 spiro atoms. The smallest absolute Gasteiger partial charge is 0.119 e. The largest absolute Gasteiger partial charge is 0.497 e. The van der Waals surface area contributed by atoms with Crippen LogP contribution in [0.3, 0.4) is 0 Å². The van der Waals surface area contributed by atoms with Crippen LogP contribution in [0, 0.1) is 5.92 Å². The van der Waals surface area contributed by atoms with E-state index in [0.717, 1.165) is 32.0 Å². The van der Waals surface area contributed by atoms with Crippen molar-refractivity contribution in [1.82, 2.24) is 5.32 Å². The standard InChI is InChI=1S/C21H26N2O2/c1-15(21-19-6-4-3-5-16(19)14-25-21)20-13-22-11-12-23(20)17-7-9-18(24-2)10-8-17/h3-10,15,20-22H,11-14H2,1-2H3. The minimum atomic E-state index is 0.168. The van der Waals surface area contributed by atoms with Crippen molar-refractivity contribution in [3.05, 3.63) is 59.7 Å². The Morgan fingerprint density at radius 1 is 1.16 bits per heavy atom. The van der Waals surface area contributed by atoms with Gasteiger partial charge >= 0.3 is 0 Å². The van der Waals surface area contributed by atoms with E-state index < -0.39 is 0 Å². The van der Waals surface area contributed by atoms with Gasteiger partial charge in [-0.05, 0) is 35.4 Å². The van der Waals surface area contributed by atoms with E-state index >= 15 is 0 Å². The van der Waals surface area contributed by atoms with Crippen molar-refractivity contribution in [3.63, 3.8) is 0 Å². The average Bonchev–Trinajstić information content (AvgIpc) is 3.12. The highest BCUT2D eigenvalue weighted by Crippen LogP contribution is 2.39. The first kappa shape index (κ1) is 16.4. The van der Waals surface area contributed by atoms with Crippen molar-refractivity contribution >= 4 is 5.69 Å². The number of anilines is 1. The quantitative estimate of drug-likeness (QED) is 0.927. The van der Waals surface area contributed by atoms with E-state index in [1.54, 1.807) is 7.11 Å². The molecule has 2 heterocycles. The molecule has 132 valence electrons. The summed E-state index contributed by atoms with van der Waals surface area (Å²) in [6, 6.07) is 17.4. The first-order valence-corrected chi connectivity index (χ1v) is 9.09. The summed E-state index contributed by atoms with van der Waals surface area (Å²) in [6.07, 6.45) is 0.168. The zero-order valence-electron chi connectivity index (χ0n) is 14.9. The molecule has 2 aromatic rings. The predicted molar refractivity (Wildman–Crippen MR) is 100 cm³/mol. The van der Waals surface area contributed by atoms with Crippen LogP contribution in [0.25, 0.3) is 0 Å². The summed E-state index contributed by atoms with van der Waals surface area (Å²) in [4.78, 5) is 2.52. The highest BCUT2D eigenvalue weighted by molar-refractivity contribution is 5.51. The number of hydrogen-bond acceptors (Lipinski definition) is 4. The third-order valence-electron chi connectivity index (χ3n) is 5.55. The molecule has 0 aliphatic carbocycles. The lowest BCUT2D eigenvalue weighted by Crippen LogP contribution is -2.55. The fraction of sp³-hybridized carbons (Fsp3) is 0.429. The fourth-order valence-electron chi connectivity index (χ4n) is 4.14. The minimum Gasteiger partial charge on any atom is -0.497 e. The maximum Gasteiger partial charge on any atom is 0.119 e. The monoisotopic (exact) mass is 338 g/mol. The summed E-state index contributed by atoms with van der Waals surface area (Å²) in [5.74, 6) is 1.30. The fourth-order valence-corrected chi connectivity index (χ4v) is 4.14. The zero-order chi connectivity index (χ0) is 17.2. The van der Waals surface area contributed by atoms with Crippen LogP contribution in [0.2, 0.25) is 0 Å². The molecule has 3 atom stereocenters. The van der Waals surface area contributed by atoms with Gasteiger partial charge in [0, 0.05) is 37.3 Å². The molecule has 0 radical (unpaired) electrons. The lowest BCUT2D eigenvalue weighted by Gasteiger charge is -2.43. The molecule has 0 aromatic heterocycles. The number of hydrogen-bond donors (Lipinski definition) is 1. The van der Waals surface area contributed by atoms with Crippen molar-refractivity contribution in [2.75, 3.05) is 31.6 Å². The Morgan fingerprint density at radius 2 is 1.96 bits per heavy atom. The van der Waals surface area contributed by atoms with Gasteiger partial charge in [0.05, 0.1) is 19.8 Å². The molecule has 4 rings (SSSR count). The second-order valence-electron chi connectivity index (χ2n) is 6.95. The van der Waals surface area contributed by atoms with Gasteiger partial charge in [-0.3, -0.25) is 0 Å². The zero-order valence-corrected chi connectivity index (χ0v) is 14.9. The van der Waals surface area contributed by atoms with Crippen LogP contribution in [0.5, 0.6) is 5.75 Å². The van der Waals surface area contributed by atoms with Crippen LogP contribution >= 0.6 is 0 Å². The van der Waals surface area contributed by atoms with E-state index in [-0.39, 0.29) is 6.10 Å². The van der Waals surface area contributed by atoms with Crippen molar-refractivity contribution in [3.8, 4) is 5.75 Å². The highest BCUT2D eigenvalue weighted by Gasteiger charge is 2.36. The SMILES string of the molecule is COc1ccc(N2CCNCC2C(C)C2OCc3ccccc32)cc1. The summed E-state index contributed by atoms with van der Waals surface area (Å²) in [5, 5.41) is 3.56. The molecule has 3 unspecified atom stereocenters. The maximum absolute atomic E-state index is 6.18. The molecule has 0 saturated carbocycles. The van der Waals surface area contributed by atoms with Gasteiger partial charge < -0.3 is 19.7 Å². The molecule has 4 heteroatoms. The Labute approximate surface area is 149 Å². The molecule has 1 fully saturated rings. The van der Waals surface area contributed by atoms with Crippen molar-refractivity contribution < 1.29 is 9.47 Å². The Hall–Kier alpha value is -2.04. The van der Waals surface area contributed by atoms with Gasteiger partial charge in [0.1, 0.15) is 5.75 Å². The topological polar surface area (TPSA) is 33.7 Å². The van der Waals surface area contributed by atoms with Crippen molar-refractivity contribution in [2.45, 2.75) is 25.7 Å². The first-order valence-electron chi connectivity index (χ1n) is 9.09. The number of rotatable bonds is 4. The number of fused-ring (bicyclic) bond motifs is 1. The Kier molecular flexibility index (Phi) is 4.64. The van der Waals surface area contributed by atoms with E-state index in [9.17, 15) is 0 Å². The van der Waals surface area contributed by atoms with E-state index in [2.05, 4.69) is 53.5 Å². The molecule has 0 amide bonds. The van der Waals surface area contributed by atoms with E-state index in [1.807, 2.05) is 12.1 Å². The number of piperazine rings is 1. The lowest BCUT2D eigenvalue weighted by atomic mass is 9.88. The van der Waals surface area contributed by atoms with Crippen LogP contribution in [-0.4, -0.2) is 32.8 Å². The molecule has 1 saturated heterocycles. The number of methoxy groups -OCH3 is 1. The molecule has 0 bridgehead atoms. The average molecular weight is 338 g/mol. The molecular formula is C21H26N2O2. The van der Waals surface area contributed by atoms with Gasteiger partial charge in [0.2, 0.25) is 0 Å². The number of ether oxygens (including phenoxy) is 2. The molecule has 2 aliphatic rings. The second kappa shape index (κ2) is 7.06. The van der Waals surface area contributed by atoms with E-state index in [1.165, 1.54) is 16.8 Å². The van der Waals surface area contributed by atoms with Gasteiger partial charge in [0.25, 0.3) is 0 Å². The van der Waals surface area contributed by atoms with E-state index in [4.69, 9.17) is 9.47 Å². The highest BCUT2D eigenvalue weighted by atomic mass is 16.5. The van der Waals surface area contributed by atoms with Gasteiger partial charge in [-0.25, -0.2) is 0 Å². The van der Waals surface area contributed by atoms with Crippen LogP contribution in [0.15, 0.2) is 48.5 Å².